The largest absolute Gasteiger partial charge is 0.481 e. The standard InChI is InChI=1S/C33H39F4N3O4/c1-5-6-26(20-7-9-21(10-8-20)29(43)38-16-13-27(41)42)40-30(44)28(22-17-24(33(35,36)37)19-25(34)18-22)39-32(40)14-11-23(12-15-32)31(2,3)4/h7-10,17-19,23,26H,5-6,11-16H2,1-4H3,(H,38,43)(H,41,42)/t23?,26-,32?/m1/s1. The Hall–Kier alpha value is -3.76. The Morgan fingerprint density at radius 3 is 2.27 bits per heavy atom. The summed E-state index contributed by atoms with van der Waals surface area (Å²) < 4.78 is 55.3. The quantitative estimate of drug-likeness (QED) is 0.292. The van der Waals surface area contributed by atoms with Crippen molar-refractivity contribution in [2.75, 3.05) is 6.54 Å². The second-order valence-electron chi connectivity index (χ2n) is 12.8. The van der Waals surface area contributed by atoms with Crippen molar-refractivity contribution in [3.63, 3.8) is 0 Å². The number of aliphatic carboxylic acids is 1. The van der Waals surface area contributed by atoms with Crippen LogP contribution in [0.3, 0.4) is 0 Å². The first-order chi connectivity index (χ1) is 20.6. The molecule has 11 heteroatoms. The Labute approximate surface area is 254 Å². The normalized spacial score (nSPS) is 21.4. The molecule has 0 unspecified atom stereocenters. The summed E-state index contributed by atoms with van der Waals surface area (Å²) in [6.45, 7) is 8.42. The van der Waals surface area contributed by atoms with E-state index in [0.717, 1.165) is 30.5 Å². The first-order valence-corrected chi connectivity index (χ1v) is 15.0. The number of benzene rings is 2. The molecule has 2 aliphatic rings. The summed E-state index contributed by atoms with van der Waals surface area (Å²) in [5.41, 5.74) is -1.51. The molecule has 2 amide bonds. The molecule has 1 spiro atoms. The van der Waals surface area contributed by atoms with E-state index in [2.05, 4.69) is 26.1 Å². The SMILES string of the molecule is CCC[C@H](c1ccc(C(=O)NCCC(=O)O)cc1)N1C(=O)C(c2cc(F)cc(C(F)(F)F)c2)=NC12CCC(C(C)(C)C)CC2. The molecule has 0 saturated heterocycles. The van der Waals surface area contributed by atoms with E-state index in [4.69, 9.17) is 10.1 Å². The van der Waals surface area contributed by atoms with E-state index >= 15 is 0 Å². The van der Waals surface area contributed by atoms with Crippen LogP contribution < -0.4 is 5.32 Å². The van der Waals surface area contributed by atoms with Crippen molar-refractivity contribution in [2.45, 2.75) is 90.5 Å². The number of amides is 2. The van der Waals surface area contributed by atoms with Gasteiger partial charge in [0.05, 0.1) is 18.0 Å². The van der Waals surface area contributed by atoms with E-state index in [1.807, 2.05) is 6.92 Å². The highest BCUT2D eigenvalue weighted by atomic mass is 19.4. The lowest BCUT2D eigenvalue weighted by atomic mass is 9.69. The van der Waals surface area contributed by atoms with Gasteiger partial charge in [-0.3, -0.25) is 19.4 Å². The topological polar surface area (TPSA) is 99.1 Å². The zero-order valence-electron chi connectivity index (χ0n) is 25.4. The number of nitrogens with zero attached hydrogens (tertiary/aromatic N) is 2. The van der Waals surface area contributed by atoms with Crippen LogP contribution in [0.15, 0.2) is 47.5 Å². The fraction of sp³-hybridized carbons (Fsp3) is 0.515. The van der Waals surface area contributed by atoms with Crippen molar-refractivity contribution in [2.24, 2.45) is 16.3 Å². The number of carboxylic acids is 1. The van der Waals surface area contributed by atoms with E-state index in [1.54, 1.807) is 29.2 Å². The van der Waals surface area contributed by atoms with Gasteiger partial charge in [0.15, 0.2) is 0 Å². The molecule has 1 atom stereocenters. The van der Waals surface area contributed by atoms with Gasteiger partial charge in [0.2, 0.25) is 0 Å². The molecule has 1 saturated carbocycles. The molecule has 0 radical (unpaired) electrons. The summed E-state index contributed by atoms with van der Waals surface area (Å²) in [6.07, 6.45) is -1.26. The average Bonchev–Trinajstić information content (AvgIpc) is 3.21. The van der Waals surface area contributed by atoms with Crippen LogP contribution in [0.4, 0.5) is 17.6 Å². The predicted molar refractivity (Wildman–Crippen MR) is 158 cm³/mol. The molecule has 1 fully saturated rings. The lowest BCUT2D eigenvalue weighted by molar-refractivity contribution is -0.138. The third-order valence-corrected chi connectivity index (χ3v) is 8.76. The van der Waals surface area contributed by atoms with Gasteiger partial charge in [-0.1, -0.05) is 46.2 Å². The molecule has 44 heavy (non-hydrogen) atoms. The number of hydrogen-bond acceptors (Lipinski definition) is 4. The predicted octanol–water partition coefficient (Wildman–Crippen LogP) is 7.15. The van der Waals surface area contributed by atoms with Gasteiger partial charge < -0.3 is 15.3 Å². The summed E-state index contributed by atoms with van der Waals surface area (Å²) in [4.78, 5) is 44.1. The lowest BCUT2D eigenvalue weighted by Crippen LogP contribution is -2.51. The molecule has 2 aromatic rings. The second kappa shape index (κ2) is 12.7. The van der Waals surface area contributed by atoms with E-state index in [0.29, 0.717) is 43.2 Å². The molecule has 1 aliphatic carbocycles. The number of halogens is 4. The van der Waals surface area contributed by atoms with Crippen molar-refractivity contribution < 1.29 is 37.1 Å². The van der Waals surface area contributed by atoms with Crippen LogP contribution >= 0.6 is 0 Å². The highest BCUT2D eigenvalue weighted by Crippen LogP contribution is 2.50. The zero-order valence-corrected chi connectivity index (χ0v) is 25.4. The molecular formula is C33H39F4N3O4. The van der Waals surface area contributed by atoms with Crippen molar-refractivity contribution >= 4 is 23.5 Å². The fourth-order valence-corrected chi connectivity index (χ4v) is 6.38. The second-order valence-corrected chi connectivity index (χ2v) is 12.8. The number of aliphatic imine (C=N–C) groups is 1. The van der Waals surface area contributed by atoms with Gasteiger partial charge in [-0.25, -0.2) is 4.39 Å². The molecule has 7 nitrogen and oxygen atoms in total. The number of hydrogen-bond donors (Lipinski definition) is 2. The Kier molecular flexibility index (Phi) is 9.56. The Bertz CT molecular complexity index is 1420. The molecule has 0 bridgehead atoms. The van der Waals surface area contributed by atoms with Crippen LogP contribution in [0, 0.1) is 17.2 Å². The molecule has 4 rings (SSSR count). The van der Waals surface area contributed by atoms with E-state index in [9.17, 15) is 31.9 Å². The van der Waals surface area contributed by atoms with Gasteiger partial charge >= 0.3 is 12.1 Å². The summed E-state index contributed by atoms with van der Waals surface area (Å²) in [5.74, 6) is -2.75. The summed E-state index contributed by atoms with van der Waals surface area (Å²) in [6, 6.07) is 8.28. The van der Waals surface area contributed by atoms with Gasteiger partial charge in [-0.2, -0.15) is 13.2 Å². The maximum Gasteiger partial charge on any atom is 0.416 e. The number of carbonyl (C=O) groups is 3. The Balaban J connectivity index is 1.73. The third kappa shape index (κ3) is 7.13. The monoisotopic (exact) mass is 617 g/mol. The van der Waals surface area contributed by atoms with Crippen LogP contribution in [-0.4, -0.2) is 45.7 Å². The number of carboxylic acid groups (broad SMARTS) is 1. The van der Waals surface area contributed by atoms with E-state index in [1.165, 1.54) is 0 Å². The van der Waals surface area contributed by atoms with Crippen molar-refractivity contribution in [1.82, 2.24) is 10.2 Å². The summed E-state index contributed by atoms with van der Waals surface area (Å²) in [5, 5.41) is 11.4. The first-order valence-electron chi connectivity index (χ1n) is 15.0. The molecule has 2 N–H and O–H groups in total. The van der Waals surface area contributed by atoms with Crippen LogP contribution in [0.1, 0.15) is 106 Å². The summed E-state index contributed by atoms with van der Waals surface area (Å²) in [7, 11) is 0. The number of alkyl halides is 3. The molecule has 1 aliphatic heterocycles. The van der Waals surface area contributed by atoms with Crippen LogP contribution in [-0.2, 0) is 15.8 Å². The number of rotatable bonds is 9. The first kappa shape index (κ1) is 33.1. The third-order valence-electron chi connectivity index (χ3n) is 8.76. The van der Waals surface area contributed by atoms with Gasteiger partial charge in [0, 0.05) is 17.7 Å². The average molecular weight is 618 g/mol. The smallest absolute Gasteiger partial charge is 0.416 e. The maximum absolute atomic E-state index is 14.5. The highest BCUT2D eigenvalue weighted by molar-refractivity contribution is 6.46. The Morgan fingerprint density at radius 1 is 1.09 bits per heavy atom. The van der Waals surface area contributed by atoms with Crippen molar-refractivity contribution in [3.8, 4) is 0 Å². The zero-order chi connectivity index (χ0) is 32.4. The van der Waals surface area contributed by atoms with Crippen molar-refractivity contribution in [1.29, 1.82) is 0 Å². The van der Waals surface area contributed by atoms with Crippen molar-refractivity contribution in [3.05, 3.63) is 70.5 Å². The lowest BCUT2D eigenvalue weighted by Gasteiger charge is -2.47. The minimum atomic E-state index is -4.80. The summed E-state index contributed by atoms with van der Waals surface area (Å²) >= 11 is 0. The molecule has 238 valence electrons. The molecule has 1 heterocycles. The minimum absolute atomic E-state index is 0.0228. The molecule has 2 aromatic carbocycles. The van der Waals surface area contributed by atoms with Crippen LogP contribution in [0.2, 0.25) is 0 Å². The minimum Gasteiger partial charge on any atom is -0.481 e. The fourth-order valence-electron chi connectivity index (χ4n) is 6.38. The Morgan fingerprint density at radius 2 is 1.73 bits per heavy atom. The highest BCUT2D eigenvalue weighted by Gasteiger charge is 2.52. The van der Waals surface area contributed by atoms with Crippen LogP contribution in [0.5, 0.6) is 0 Å². The van der Waals surface area contributed by atoms with Crippen LogP contribution in [0.25, 0.3) is 0 Å². The van der Waals surface area contributed by atoms with Gasteiger partial charge in [-0.15, -0.1) is 0 Å². The van der Waals surface area contributed by atoms with E-state index in [-0.39, 0.29) is 29.7 Å². The van der Waals surface area contributed by atoms with Gasteiger partial charge in [0.1, 0.15) is 17.2 Å². The maximum atomic E-state index is 14.5. The van der Waals surface area contributed by atoms with Gasteiger partial charge in [-0.05, 0) is 79.3 Å². The molecule has 0 aromatic heterocycles. The number of nitrogens with one attached hydrogen (secondary N) is 1. The molecular weight excluding hydrogens is 578 g/mol. The van der Waals surface area contributed by atoms with E-state index < -0.39 is 47.0 Å². The van der Waals surface area contributed by atoms with Gasteiger partial charge in [0.25, 0.3) is 11.8 Å². The number of carbonyl (C=O) groups excluding carboxylic acids is 2.